The molecular weight excluding hydrogens is 347 g/mol. The number of carboxylic acid groups (broad SMARTS) is 1. The molecule has 0 fully saturated rings. The summed E-state index contributed by atoms with van der Waals surface area (Å²) in [6.07, 6.45) is 0.216. The summed E-state index contributed by atoms with van der Waals surface area (Å²) in [5, 5.41) is 9.91. The van der Waals surface area contributed by atoms with Gasteiger partial charge in [0.15, 0.2) is 0 Å². The van der Waals surface area contributed by atoms with Crippen molar-refractivity contribution < 1.29 is 14.3 Å². The quantitative estimate of drug-likeness (QED) is 0.864. The van der Waals surface area contributed by atoms with E-state index in [0.29, 0.717) is 20.6 Å². The maximum absolute atomic E-state index is 13.3. The van der Waals surface area contributed by atoms with Gasteiger partial charge in [-0.05, 0) is 47.9 Å². The van der Waals surface area contributed by atoms with Crippen LogP contribution < -0.4 is 0 Å². The predicted molar refractivity (Wildman–Crippen MR) is 79.6 cm³/mol. The smallest absolute Gasteiger partial charge is 0.311 e. The maximum atomic E-state index is 13.3. The van der Waals surface area contributed by atoms with Gasteiger partial charge in [-0.25, -0.2) is 4.39 Å². The first kappa shape index (κ1) is 15.0. The lowest BCUT2D eigenvalue weighted by Crippen LogP contribution is -2.14. The van der Waals surface area contributed by atoms with E-state index in [1.54, 1.807) is 30.3 Å². The number of halogens is 3. The normalized spacial score (nSPS) is 12.2. The third-order valence-electron chi connectivity index (χ3n) is 2.93. The van der Waals surface area contributed by atoms with Crippen molar-refractivity contribution >= 4 is 33.5 Å². The van der Waals surface area contributed by atoms with Crippen molar-refractivity contribution in [3.05, 3.63) is 68.9 Å². The molecule has 1 unspecified atom stereocenters. The summed E-state index contributed by atoms with van der Waals surface area (Å²) < 4.78 is 13.9. The van der Waals surface area contributed by atoms with Crippen LogP contribution in [0.2, 0.25) is 5.02 Å². The monoisotopic (exact) mass is 356 g/mol. The summed E-state index contributed by atoms with van der Waals surface area (Å²) in [5.74, 6) is -2.08. The Labute approximate surface area is 129 Å². The number of carbonyl (C=O) groups is 1. The van der Waals surface area contributed by atoms with Crippen LogP contribution in [0, 0.1) is 5.82 Å². The second-order valence-corrected chi connectivity index (χ2v) is 5.78. The summed E-state index contributed by atoms with van der Waals surface area (Å²) >= 11 is 9.00. The van der Waals surface area contributed by atoms with Crippen LogP contribution in [0.15, 0.2) is 46.9 Å². The van der Waals surface area contributed by atoms with E-state index in [0.717, 1.165) is 0 Å². The SMILES string of the molecule is O=C(O)C(Cc1cc(F)cc(Br)c1)c1ccc(Cl)cc1. The van der Waals surface area contributed by atoms with E-state index < -0.39 is 17.7 Å². The van der Waals surface area contributed by atoms with Crippen molar-refractivity contribution in [2.75, 3.05) is 0 Å². The van der Waals surface area contributed by atoms with Crippen molar-refractivity contribution in [3.8, 4) is 0 Å². The second-order valence-electron chi connectivity index (χ2n) is 4.42. The summed E-state index contributed by atoms with van der Waals surface area (Å²) in [6, 6.07) is 11.0. The van der Waals surface area contributed by atoms with Crippen LogP contribution in [-0.2, 0) is 11.2 Å². The summed E-state index contributed by atoms with van der Waals surface area (Å²) in [6.45, 7) is 0. The number of benzene rings is 2. The number of rotatable bonds is 4. The molecule has 0 saturated heterocycles. The second kappa shape index (κ2) is 6.37. The zero-order chi connectivity index (χ0) is 14.7. The van der Waals surface area contributed by atoms with Gasteiger partial charge in [0.1, 0.15) is 5.82 Å². The zero-order valence-corrected chi connectivity index (χ0v) is 12.7. The topological polar surface area (TPSA) is 37.3 Å². The van der Waals surface area contributed by atoms with Crippen molar-refractivity contribution in [3.63, 3.8) is 0 Å². The molecule has 20 heavy (non-hydrogen) atoms. The van der Waals surface area contributed by atoms with Crippen molar-refractivity contribution in [2.45, 2.75) is 12.3 Å². The highest BCUT2D eigenvalue weighted by atomic mass is 79.9. The molecule has 0 spiro atoms. The van der Waals surface area contributed by atoms with Crippen LogP contribution in [0.1, 0.15) is 17.0 Å². The van der Waals surface area contributed by atoms with E-state index >= 15 is 0 Å². The van der Waals surface area contributed by atoms with Crippen LogP contribution in [-0.4, -0.2) is 11.1 Å². The summed E-state index contributed by atoms with van der Waals surface area (Å²) in [5.41, 5.74) is 1.27. The minimum Gasteiger partial charge on any atom is -0.481 e. The summed E-state index contributed by atoms with van der Waals surface area (Å²) in [4.78, 5) is 11.4. The van der Waals surface area contributed by atoms with Gasteiger partial charge in [0.2, 0.25) is 0 Å². The largest absolute Gasteiger partial charge is 0.481 e. The van der Waals surface area contributed by atoms with Gasteiger partial charge in [-0.15, -0.1) is 0 Å². The first-order valence-corrected chi connectivity index (χ1v) is 7.06. The van der Waals surface area contributed by atoms with Gasteiger partial charge in [0.25, 0.3) is 0 Å². The number of hydrogen-bond donors (Lipinski definition) is 1. The van der Waals surface area contributed by atoms with Crippen LogP contribution in [0.3, 0.4) is 0 Å². The molecule has 2 aromatic rings. The Morgan fingerprint density at radius 3 is 2.45 bits per heavy atom. The third-order valence-corrected chi connectivity index (χ3v) is 3.64. The first-order valence-electron chi connectivity index (χ1n) is 5.89. The van der Waals surface area contributed by atoms with Gasteiger partial charge in [-0.2, -0.15) is 0 Å². The molecule has 5 heteroatoms. The summed E-state index contributed by atoms with van der Waals surface area (Å²) in [7, 11) is 0. The average Bonchev–Trinajstić information content (AvgIpc) is 2.36. The van der Waals surface area contributed by atoms with Crippen LogP contribution >= 0.6 is 27.5 Å². The fourth-order valence-corrected chi connectivity index (χ4v) is 2.65. The lowest BCUT2D eigenvalue weighted by Gasteiger charge is -2.13. The molecule has 0 heterocycles. The predicted octanol–water partition coefficient (Wildman–Crippen LogP) is 4.65. The van der Waals surface area contributed by atoms with Crippen LogP contribution in [0.25, 0.3) is 0 Å². The molecule has 0 aromatic heterocycles. The minimum absolute atomic E-state index is 0.216. The molecule has 0 saturated carbocycles. The number of hydrogen-bond acceptors (Lipinski definition) is 1. The Hall–Kier alpha value is -1.39. The fraction of sp³-hybridized carbons (Fsp3) is 0.133. The lowest BCUT2D eigenvalue weighted by molar-refractivity contribution is -0.138. The van der Waals surface area contributed by atoms with Gasteiger partial charge in [0, 0.05) is 9.50 Å². The Bertz CT molecular complexity index is 608. The Balaban J connectivity index is 2.30. The molecule has 0 aliphatic rings. The van der Waals surface area contributed by atoms with E-state index in [9.17, 15) is 14.3 Å². The number of aliphatic carboxylic acids is 1. The van der Waals surface area contributed by atoms with Crippen molar-refractivity contribution in [1.82, 2.24) is 0 Å². The van der Waals surface area contributed by atoms with E-state index in [1.165, 1.54) is 12.1 Å². The van der Waals surface area contributed by atoms with Gasteiger partial charge in [-0.1, -0.05) is 39.7 Å². The molecule has 2 rings (SSSR count). The first-order chi connectivity index (χ1) is 9.45. The Kier molecular flexibility index (Phi) is 4.78. The third kappa shape index (κ3) is 3.81. The van der Waals surface area contributed by atoms with Gasteiger partial charge < -0.3 is 5.11 Å². The highest BCUT2D eigenvalue weighted by Crippen LogP contribution is 2.25. The molecule has 2 nitrogen and oxygen atoms in total. The average molecular weight is 358 g/mol. The highest BCUT2D eigenvalue weighted by molar-refractivity contribution is 9.10. The van der Waals surface area contributed by atoms with E-state index in [2.05, 4.69) is 15.9 Å². The van der Waals surface area contributed by atoms with E-state index in [4.69, 9.17) is 11.6 Å². The molecule has 1 atom stereocenters. The molecule has 0 radical (unpaired) electrons. The Morgan fingerprint density at radius 1 is 1.25 bits per heavy atom. The van der Waals surface area contributed by atoms with Crippen molar-refractivity contribution in [1.29, 1.82) is 0 Å². The zero-order valence-electron chi connectivity index (χ0n) is 10.3. The Morgan fingerprint density at radius 2 is 1.90 bits per heavy atom. The van der Waals surface area contributed by atoms with Gasteiger partial charge in [-0.3, -0.25) is 4.79 Å². The molecule has 2 aromatic carbocycles. The molecule has 0 aliphatic heterocycles. The fourth-order valence-electron chi connectivity index (χ4n) is 2.01. The van der Waals surface area contributed by atoms with Crippen LogP contribution in [0.5, 0.6) is 0 Å². The standard InChI is InChI=1S/C15H11BrClFO2/c16-11-5-9(6-13(18)8-11)7-14(15(19)20)10-1-3-12(17)4-2-10/h1-6,8,14H,7H2,(H,19,20). The molecular formula is C15H11BrClFO2. The van der Waals surface area contributed by atoms with Crippen LogP contribution in [0.4, 0.5) is 4.39 Å². The molecule has 0 amide bonds. The van der Waals surface area contributed by atoms with Crippen molar-refractivity contribution in [2.24, 2.45) is 0 Å². The van der Waals surface area contributed by atoms with E-state index in [-0.39, 0.29) is 6.42 Å². The molecule has 104 valence electrons. The maximum Gasteiger partial charge on any atom is 0.311 e. The molecule has 1 N–H and O–H groups in total. The van der Waals surface area contributed by atoms with Gasteiger partial charge >= 0.3 is 5.97 Å². The lowest BCUT2D eigenvalue weighted by atomic mass is 9.92. The van der Waals surface area contributed by atoms with Gasteiger partial charge in [0.05, 0.1) is 5.92 Å². The minimum atomic E-state index is -0.951. The number of carboxylic acids is 1. The molecule has 0 aliphatic carbocycles. The van der Waals surface area contributed by atoms with E-state index in [1.807, 2.05) is 0 Å². The molecule has 0 bridgehead atoms. The highest BCUT2D eigenvalue weighted by Gasteiger charge is 2.20.